The minimum absolute atomic E-state index is 0.194. The molecule has 1 aromatic heterocycles. The lowest BCUT2D eigenvalue weighted by atomic mass is 10.1. The van der Waals surface area contributed by atoms with Crippen molar-refractivity contribution >= 4 is 17.2 Å². The number of nitrogens with zero attached hydrogens (tertiary/aromatic N) is 1. The van der Waals surface area contributed by atoms with E-state index in [0.29, 0.717) is 0 Å². The topological polar surface area (TPSA) is 20.3 Å². The van der Waals surface area contributed by atoms with Crippen LogP contribution in [-0.2, 0) is 0 Å². The molecule has 0 saturated carbocycles. The molecule has 1 aliphatic rings. The van der Waals surface area contributed by atoms with Crippen molar-refractivity contribution < 1.29 is 4.79 Å². The molecule has 0 aliphatic carbocycles. The fraction of sp³-hybridized carbons (Fsp3) is 0.353. The lowest BCUT2D eigenvalue weighted by Gasteiger charge is -2.26. The number of hydrogen-bond acceptors (Lipinski definition) is 2. The molecule has 0 bridgehead atoms. The zero-order valence-corrected chi connectivity index (χ0v) is 12.6. The van der Waals surface area contributed by atoms with Gasteiger partial charge in [-0.05, 0) is 37.8 Å². The van der Waals surface area contributed by atoms with Crippen molar-refractivity contribution in [3.8, 4) is 10.4 Å². The standard InChI is InChI=1S/C17H19NOS/c1-13-6-5-7-14(10-13)16-11-15(12-20-16)17(19)18-8-3-2-4-9-18/h5-7,10-12H,2-4,8-9H2,1H3. The van der Waals surface area contributed by atoms with Gasteiger partial charge in [-0.2, -0.15) is 0 Å². The molecule has 20 heavy (non-hydrogen) atoms. The molecule has 1 amide bonds. The molecule has 0 spiro atoms. The maximum absolute atomic E-state index is 12.4. The third-order valence-corrected chi connectivity index (χ3v) is 4.77. The molecule has 1 aliphatic heterocycles. The monoisotopic (exact) mass is 285 g/mol. The number of aryl methyl sites for hydroxylation is 1. The molecule has 0 atom stereocenters. The molecule has 0 unspecified atom stereocenters. The van der Waals surface area contributed by atoms with Crippen LogP contribution in [0.4, 0.5) is 0 Å². The number of carbonyl (C=O) groups is 1. The molecule has 3 rings (SSSR count). The Kier molecular flexibility index (Phi) is 3.88. The summed E-state index contributed by atoms with van der Waals surface area (Å²) in [6.45, 7) is 3.92. The predicted molar refractivity (Wildman–Crippen MR) is 84.2 cm³/mol. The van der Waals surface area contributed by atoms with E-state index in [-0.39, 0.29) is 5.91 Å². The molecule has 1 aromatic carbocycles. The van der Waals surface area contributed by atoms with Gasteiger partial charge in [-0.3, -0.25) is 4.79 Å². The van der Waals surface area contributed by atoms with Gasteiger partial charge in [0.15, 0.2) is 0 Å². The van der Waals surface area contributed by atoms with Gasteiger partial charge in [0.05, 0.1) is 5.56 Å². The van der Waals surface area contributed by atoms with E-state index in [4.69, 9.17) is 0 Å². The predicted octanol–water partition coefficient (Wildman–Crippen LogP) is 4.35. The Balaban J connectivity index is 1.81. The first-order chi connectivity index (χ1) is 9.74. The van der Waals surface area contributed by atoms with Gasteiger partial charge in [-0.1, -0.05) is 29.8 Å². The largest absolute Gasteiger partial charge is 0.339 e. The highest BCUT2D eigenvalue weighted by Crippen LogP contribution is 2.28. The maximum Gasteiger partial charge on any atom is 0.254 e. The summed E-state index contributed by atoms with van der Waals surface area (Å²) >= 11 is 1.66. The summed E-state index contributed by atoms with van der Waals surface area (Å²) < 4.78 is 0. The van der Waals surface area contributed by atoms with E-state index in [1.54, 1.807) is 11.3 Å². The fourth-order valence-corrected chi connectivity index (χ4v) is 3.56. The summed E-state index contributed by atoms with van der Waals surface area (Å²) in [6.07, 6.45) is 3.53. The molecular weight excluding hydrogens is 266 g/mol. The second-order valence-corrected chi connectivity index (χ2v) is 6.33. The third kappa shape index (κ3) is 2.78. The zero-order chi connectivity index (χ0) is 13.9. The van der Waals surface area contributed by atoms with Crippen molar-refractivity contribution in [3.63, 3.8) is 0 Å². The fourth-order valence-electron chi connectivity index (χ4n) is 2.68. The molecule has 0 N–H and O–H groups in total. The van der Waals surface area contributed by atoms with E-state index < -0.39 is 0 Å². The average molecular weight is 285 g/mol. The van der Waals surface area contributed by atoms with Crippen LogP contribution in [0.5, 0.6) is 0 Å². The molecular formula is C17H19NOS. The van der Waals surface area contributed by atoms with Crippen LogP contribution in [0.2, 0.25) is 0 Å². The van der Waals surface area contributed by atoms with Crippen molar-refractivity contribution in [3.05, 3.63) is 46.8 Å². The second-order valence-electron chi connectivity index (χ2n) is 5.42. The van der Waals surface area contributed by atoms with Gasteiger partial charge in [0, 0.05) is 23.3 Å². The normalized spacial score (nSPS) is 15.3. The molecule has 2 aromatic rings. The van der Waals surface area contributed by atoms with E-state index in [0.717, 1.165) is 31.5 Å². The zero-order valence-electron chi connectivity index (χ0n) is 11.8. The van der Waals surface area contributed by atoms with Crippen LogP contribution in [0, 0.1) is 6.92 Å². The van der Waals surface area contributed by atoms with Crippen molar-refractivity contribution in [1.29, 1.82) is 0 Å². The van der Waals surface area contributed by atoms with Crippen molar-refractivity contribution in [1.82, 2.24) is 4.90 Å². The van der Waals surface area contributed by atoms with Gasteiger partial charge in [0.2, 0.25) is 0 Å². The minimum atomic E-state index is 0.194. The average Bonchev–Trinajstić information content (AvgIpc) is 2.97. The highest BCUT2D eigenvalue weighted by atomic mass is 32.1. The van der Waals surface area contributed by atoms with E-state index in [1.165, 1.54) is 22.4 Å². The Morgan fingerprint density at radius 2 is 1.95 bits per heavy atom. The highest BCUT2D eigenvalue weighted by Gasteiger charge is 2.19. The van der Waals surface area contributed by atoms with Gasteiger partial charge >= 0.3 is 0 Å². The summed E-state index contributed by atoms with van der Waals surface area (Å²) in [5, 5.41) is 1.99. The van der Waals surface area contributed by atoms with Gasteiger partial charge in [-0.25, -0.2) is 0 Å². The number of rotatable bonds is 2. The number of likely N-dealkylation sites (tertiary alicyclic amines) is 1. The first-order valence-electron chi connectivity index (χ1n) is 7.19. The summed E-state index contributed by atoms with van der Waals surface area (Å²) in [4.78, 5) is 15.6. The molecule has 104 valence electrons. The molecule has 3 heteroatoms. The summed E-state index contributed by atoms with van der Waals surface area (Å²) in [6, 6.07) is 10.5. The Hall–Kier alpha value is -1.61. The van der Waals surface area contributed by atoms with Crippen LogP contribution < -0.4 is 0 Å². The molecule has 1 fully saturated rings. The number of piperidine rings is 1. The first-order valence-corrected chi connectivity index (χ1v) is 8.07. The van der Waals surface area contributed by atoms with Crippen LogP contribution in [0.15, 0.2) is 35.7 Å². The second kappa shape index (κ2) is 5.80. The molecule has 0 radical (unpaired) electrons. The number of benzene rings is 1. The minimum Gasteiger partial charge on any atom is -0.339 e. The first kappa shape index (κ1) is 13.4. The van der Waals surface area contributed by atoms with Crippen molar-refractivity contribution in [2.24, 2.45) is 0 Å². The van der Waals surface area contributed by atoms with Gasteiger partial charge in [0.1, 0.15) is 0 Å². The summed E-state index contributed by atoms with van der Waals surface area (Å²) in [7, 11) is 0. The van der Waals surface area contributed by atoms with Gasteiger partial charge < -0.3 is 4.90 Å². The quantitative estimate of drug-likeness (QED) is 0.803. The number of amides is 1. The summed E-state index contributed by atoms with van der Waals surface area (Å²) in [5.74, 6) is 0.194. The Morgan fingerprint density at radius 1 is 1.15 bits per heavy atom. The van der Waals surface area contributed by atoms with Gasteiger partial charge in [0.25, 0.3) is 5.91 Å². The molecule has 2 heterocycles. The van der Waals surface area contributed by atoms with Crippen LogP contribution in [0.1, 0.15) is 35.2 Å². The van der Waals surface area contributed by atoms with Gasteiger partial charge in [-0.15, -0.1) is 11.3 Å². The van der Waals surface area contributed by atoms with Crippen LogP contribution in [-0.4, -0.2) is 23.9 Å². The maximum atomic E-state index is 12.4. The SMILES string of the molecule is Cc1cccc(-c2cc(C(=O)N3CCCCC3)cs2)c1. The smallest absolute Gasteiger partial charge is 0.254 e. The van der Waals surface area contributed by atoms with Crippen LogP contribution >= 0.6 is 11.3 Å². The Morgan fingerprint density at radius 3 is 2.70 bits per heavy atom. The number of thiophene rings is 1. The molecule has 1 saturated heterocycles. The Bertz CT molecular complexity index is 611. The summed E-state index contributed by atoms with van der Waals surface area (Å²) in [5.41, 5.74) is 3.29. The lowest BCUT2D eigenvalue weighted by Crippen LogP contribution is -2.35. The van der Waals surface area contributed by atoms with Crippen molar-refractivity contribution in [2.45, 2.75) is 26.2 Å². The van der Waals surface area contributed by atoms with Crippen LogP contribution in [0.25, 0.3) is 10.4 Å². The van der Waals surface area contributed by atoms with Crippen LogP contribution in [0.3, 0.4) is 0 Å². The third-order valence-electron chi connectivity index (χ3n) is 3.79. The lowest BCUT2D eigenvalue weighted by molar-refractivity contribution is 0.0725. The molecule has 2 nitrogen and oxygen atoms in total. The van der Waals surface area contributed by atoms with E-state index in [2.05, 4.69) is 31.2 Å². The van der Waals surface area contributed by atoms with E-state index in [9.17, 15) is 4.79 Å². The number of carbonyl (C=O) groups excluding carboxylic acids is 1. The highest BCUT2D eigenvalue weighted by molar-refractivity contribution is 7.13. The van der Waals surface area contributed by atoms with E-state index >= 15 is 0 Å². The van der Waals surface area contributed by atoms with Crippen molar-refractivity contribution in [2.75, 3.05) is 13.1 Å². The Labute approximate surface area is 124 Å². The van der Waals surface area contributed by atoms with E-state index in [1.807, 2.05) is 16.3 Å². The number of hydrogen-bond donors (Lipinski definition) is 0.